The smallest absolute Gasteiger partial charge is 0.335 e. The maximum Gasteiger partial charge on any atom is 0.335 e. The summed E-state index contributed by atoms with van der Waals surface area (Å²) in [5.41, 5.74) is 6.27. The normalized spacial score (nSPS) is 10.2. The molecule has 0 aromatic heterocycles. The number of nitrogen functional groups attached to an aromatic ring is 1. The summed E-state index contributed by atoms with van der Waals surface area (Å²) in [5.74, 6) is -0.676. The maximum atomic E-state index is 10.7. The molecule has 0 saturated heterocycles. The van der Waals surface area contributed by atoms with Crippen LogP contribution in [-0.4, -0.2) is 11.1 Å². The predicted octanol–water partition coefficient (Wildman–Crippen LogP) is 0.967. The van der Waals surface area contributed by atoms with Gasteiger partial charge >= 0.3 is 5.97 Å². The van der Waals surface area contributed by atoms with Crippen LogP contribution >= 0.6 is 0 Å². The Morgan fingerprint density at radius 1 is 1.50 bits per heavy atom. The minimum atomic E-state index is -0.676. The van der Waals surface area contributed by atoms with Crippen LogP contribution in [0.5, 0.6) is 0 Å². The number of benzene rings is 1. The summed E-state index contributed by atoms with van der Waals surface area (Å²) in [4.78, 5) is 10.7. The van der Waals surface area contributed by atoms with Gasteiger partial charge < -0.3 is 10.8 Å². The highest BCUT2D eigenvalue weighted by molar-refractivity contribution is 5.87. The van der Waals surface area contributed by atoms with Gasteiger partial charge in [-0.25, -0.2) is 4.79 Å². The Bertz CT molecular complexity index is 258. The van der Waals surface area contributed by atoms with Crippen LogP contribution in [0.2, 0.25) is 0 Å². The van der Waals surface area contributed by atoms with Crippen LogP contribution in [0.15, 0.2) is 24.3 Å². The first-order chi connectivity index (χ1) is 5.24. The number of anilines is 1. The Hall–Kier alpha value is -1.51. The van der Waals surface area contributed by atoms with E-state index in [0.717, 1.165) is 0 Å². The van der Waals surface area contributed by atoms with Crippen LogP contribution in [0, 0.1) is 0 Å². The Balaban J connectivity index is 2.90. The molecule has 0 aliphatic rings. The van der Waals surface area contributed by atoms with Crippen molar-refractivity contribution in [2.75, 3.05) is 5.73 Å². The molecule has 3 N–H and O–H groups in total. The molecule has 0 heterocycles. The molecule has 1 aromatic rings. The Morgan fingerprint density at radius 3 is 2.60 bits per heavy atom. The van der Waals surface area contributed by atoms with E-state index in [9.17, 15) is 4.79 Å². The van der Waals surface area contributed by atoms with Crippen LogP contribution in [0.3, 0.4) is 0 Å². The van der Waals surface area contributed by atoms with Crippen molar-refractivity contribution in [1.29, 1.82) is 1.43 Å². The molecule has 1 aromatic carbocycles. The van der Waals surface area contributed by atoms with E-state index in [4.69, 9.17) is 7.16 Å². The molecule has 3 heteroatoms. The van der Waals surface area contributed by atoms with E-state index in [2.05, 4.69) is 5.11 Å². The average molecular weight is 138 g/mol. The van der Waals surface area contributed by atoms with Crippen LogP contribution < -0.4 is 5.73 Å². The number of carboxylic acid groups (broad SMARTS) is 1. The van der Waals surface area contributed by atoms with E-state index in [1.54, 1.807) is 12.1 Å². The fourth-order valence-corrected chi connectivity index (χ4v) is 0.619. The van der Waals surface area contributed by atoms with E-state index in [-0.39, 0.29) is 0 Å². The van der Waals surface area contributed by atoms with Gasteiger partial charge in [-0.3, -0.25) is 0 Å². The van der Waals surface area contributed by atoms with Gasteiger partial charge in [0, 0.05) is 5.69 Å². The molecule has 0 aliphatic heterocycles. The van der Waals surface area contributed by atoms with Gasteiger partial charge in [0.15, 0.2) is 0 Å². The highest BCUT2D eigenvalue weighted by atomic mass is 16.4. The summed E-state index contributed by atoms with van der Waals surface area (Å²) in [6.45, 7) is 0. The summed E-state index contributed by atoms with van der Waals surface area (Å²) >= 11 is 0. The van der Waals surface area contributed by atoms with Crippen molar-refractivity contribution in [3.8, 4) is 0 Å². The molecule has 0 bridgehead atoms. The largest absolute Gasteiger partial charge is 0.478 e. The first-order valence-corrected chi connectivity index (χ1v) is 2.77. The number of rotatable bonds is 1. The molecule has 10 heavy (non-hydrogen) atoms. The van der Waals surface area contributed by atoms with Crippen molar-refractivity contribution < 1.29 is 9.90 Å². The lowest BCUT2D eigenvalue weighted by molar-refractivity contribution is 0.0697. The quantitative estimate of drug-likeness (QED) is 0.568. The van der Waals surface area contributed by atoms with Gasteiger partial charge in [-0.1, -0.05) is 0 Å². The van der Waals surface area contributed by atoms with Gasteiger partial charge in [0.25, 0.3) is 1.43 Å². The highest BCUT2D eigenvalue weighted by Crippen LogP contribution is 2.04. The van der Waals surface area contributed by atoms with E-state index in [1.807, 2.05) is 0 Å². The third-order valence-corrected chi connectivity index (χ3v) is 1.15. The van der Waals surface area contributed by atoms with Crippen molar-refractivity contribution in [3.63, 3.8) is 0 Å². The first kappa shape index (κ1) is 5.29. The van der Waals surface area contributed by atoms with Crippen LogP contribution in [0.4, 0.5) is 5.69 Å². The summed E-state index contributed by atoms with van der Waals surface area (Å²) < 4.78 is 6.32. The molecule has 0 unspecified atom stereocenters. The van der Waals surface area contributed by atoms with Crippen molar-refractivity contribution in [1.82, 2.24) is 0 Å². The third kappa shape index (κ3) is 1.25. The van der Waals surface area contributed by atoms with Gasteiger partial charge in [0.1, 0.15) is 0 Å². The summed E-state index contributed by atoms with van der Waals surface area (Å²) in [6, 6.07) is 6.16. The lowest BCUT2D eigenvalue weighted by atomic mass is 10.2. The second-order valence-electron chi connectivity index (χ2n) is 1.91. The summed E-state index contributed by atoms with van der Waals surface area (Å²) in [7, 11) is 0. The van der Waals surface area contributed by atoms with Crippen molar-refractivity contribution in [2.24, 2.45) is 0 Å². The van der Waals surface area contributed by atoms with Crippen LogP contribution in [0.25, 0.3) is 1.43 Å². The van der Waals surface area contributed by atoms with E-state index >= 15 is 0 Å². The van der Waals surface area contributed by atoms with Crippen LogP contribution in [0.1, 0.15) is 10.4 Å². The minimum Gasteiger partial charge on any atom is -0.478 e. The lowest BCUT2D eigenvalue weighted by Gasteiger charge is -1.93. The summed E-state index contributed by atoms with van der Waals surface area (Å²) in [5, 5.41) is 3.75. The molecule has 3 nitrogen and oxygen atoms in total. The molecule has 0 spiro atoms. The number of hydrogen-bond donors (Lipinski definition) is 2. The van der Waals surface area contributed by atoms with Gasteiger partial charge in [0.2, 0.25) is 0 Å². The summed E-state index contributed by atoms with van der Waals surface area (Å²) in [6.07, 6.45) is 0. The van der Waals surface area contributed by atoms with E-state index in [1.165, 1.54) is 12.1 Å². The zero-order valence-electron chi connectivity index (χ0n) is 6.20. The molecule has 0 radical (unpaired) electrons. The number of carboxylic acids is 1. The van der Waals surface area contributed by atoms with Crippen molar-refractivity contribution in [3.05, 3.63) is 29.8 Å². The Labute approximate surface area is 59.6 Å². The molecule has 0 aliphatic carbocycles. The fraction of sp³-hybridized carbons (Fsp3) is 0. The van der Waals surface area contributed by atoms with Gasteiger partial charge in [-0.15, -0.1) is 0 Å². The molecule has 0 atom stereocenters. The van der Waals surface area contributed by atoms with E-state index in [0.29, 0.717) is 11.3 Å². The number of nitrogens with two attached hydrogens (primary N) is 1. The van der Waals surface area contributed by atoms with Crippen molar-refractivity contribution in [2.45, 2.75) is 0 Å². The standard InChI is InChI=1S/C7H7NO2/c8-6-3-1-5(2-4-6)7(9)10/h1-4H,8H2,(H,9,10)/i/hD. The minimum absolute atomic E-state index is 0.328. The average Bonchev–Trinajstić information content (AvgIpc) is 2.05. The molecule has 0 amide bonds. The molecule has 0 fully saturated rings. The number of aromatic carboxylic acids is 1. The zero-order valence-corrected chi connectivity index (χ0v) is 5.20. The fourth-order valence-electron chi connectivity index (χ4n) is 0.619. The molecule has 52 valence electrons. The zero-order chi connectivity index (χ0) is 8.27. The number of hydrogen-bond acceptors (Lipinski definition) is 3. The second-order valence-corrected chi connectivity index (χ2v) is 1.91. The lowest BCUT2D eigenvalue weighted by Crippen LogP contribution is -1.95. The van der Waals surface area contributed by atoms with E-state index < -0.39 is 5.97 Å². The predicted molar refractivity (Wildman–Crippen MR) is 37.8 cm³/mol. The molecular formula is C7H7NO2. The molecular weight excluding hydrogens is 130 g/mol. The van der Waals surface area contributed by atoms with Crippen molar-refractivity contribution >= 4 is 11.7 Å². The highest BCUT2D eigenvalue weighted by Gasteiger charge is 1.98. The molecule has 1 rings (SSSR count). The maximum absolute atomic E-state index is 10.7. The Kier molecular flexibility index (Phi) is 1.26. The number of carbonyl (C=O) groups is 1. The van der Waals surface area contributed by atoms with Gasteiger partial charge in [-0.2, -0.15) is 0 Å². The third-order valence-electron chi connectivity index (χ3n) is 1.15. The van der Waals surface area contributed by atoms with Gasteiger partial charge in [0.05, 0.1) is 5.56 Å². The SMILES string of the molecule is [2H]OC(=O)c1ccc(N)cc1. The second kappa shape index (κ2) is 2.39. The first-order valence-electron chi connectivity index (χ1n) is 3.18. The van der Waals surface area contributed by atoms with Gasteiger partial charge in [-0.05, 0) is 24.3 Å². The topological polar surface area (TPSA) is 63.3 Å². The Morgan fingerprint density at radius 2 is 2.10 bits per heavy atom. The monoisotopic (exact) mass is 138 g/mol. The van der Waals surface area contributed by atoms with Crippen LogP contribution in [-0.2, 0) is 0 Å². The molecule has 0 saturated carbocycles.